The molecular weight excluding hydrogens is 180 g/mol. The topological polar surface area (TPSA) is 96.9 Å². The minimum Gasteiger partial charge on any atom is -0.549 e. The van der Waals surface area contributed by atoms with Gasteiger partial charge < -0.3 is 15.7 Å². The largest absolute Gasteiger partial charge is 0.549 e. The van der Waals surface area contributed by atoms with Gasteiger partial charge in [0, 0.05) is 5.25 Å². The van der Waals surface area contributed by atoms with Crippen molar-refractivity contribution in [3.05, 3.63) is 6.33 Å². The smallest absolute Gasteiger partial charge is 0.210 e. The molecule has 0 saturated carbocycles. The molecule has 0 saturated heterocycles. The van der Waals surface area contributed by atoms with Crippen molar-refractivity contribution >= 4 is 17.7 Å². The van der Waals surface area contributed by atoms with Gasteiger partial charge in [-0.25, -0.2) is 4.68 Å². The van der Waals surface area contributed by atoms with Gasteiger partial charge in [-0.05, 0) is 6.92 Å². The van der Waals surface area contributed by atoms with E-state index in [-0.39, 0.29) is 0 Å². The highest BCUT2D eigenvalue weighted by Crippen LogP contribution is 2.18. The molecule has 7 heteroatoms. The van der Waals surface area contributed by atoms with E-state index >= 15 is 0 Å². The SMILES string of the molecule is C[C@H](Sc1nncn1N)C(=O)[O-]. The summed E-state index contributed by atoms with van der Waals surface area (Å²) in [6.45, 7) is 1.49. The molecule has 1 heterocycles. The number of hydrogen-bond acceptors (Lipinski definition) is 6. The zero-order valence-corrected chi connectivity index (χ0v) is 7.11. The maximum Gasteiger partial charge on any atom is 0.210 e. The maximum absolute atomic E-state index is 10.3. The van der Waals surface area contributed by atoms with E-state index in [1.807, 2.05) is 0 Å². The molecule has 0 aliphatic heterocycles. The molecule has 0 spiro atoms. The fourth-order valence-corrected chi connectivity index (χ4v) is 1.20. The maximum atomic E-state index is 10.3. The summed E-state index contributed by atoms with van der Waals surface area (Å²) in [5, 5.41) is 17.1. The molecule has 6 nitrogen and oxygen atoms in total. The van der Waals surface area contributed by atoms with Gasteiger partial charge in [0.1, 0.15) is 6.33 Å². The highest BCUT2D eigenvalue weighted by atomic mass is 32.2. The normalized spacial score (nSPS) is 12.8. The van der Waals surface area contributed by atoms with Crippen molar-refractivity contribution in [2.45, 2.75) is 17.3 Å². The fourth-order valence-electron chi connectivity index (χ4n) is 0.523. The molecule has 1 aromatic rings. The highest BCUT2D eigenvalue weighted by molar-refractivity contribution is 8.00. The first-order valence-electron chi connectivity index (χ1n) is 3.14. The summed E-state index contributed by atoms with van der Waals surface area (Å²) < 4.78 is 1.16. The summed E-state index contributed by atoms with van der Waals surface area (Å²) in [5.41, 5.74) is 0. The number of nitrogens with zero attached hydrogens (tertiary/aromatic N) is 3. The molecule has 2 N–H and O–H groups in total. The average Bonchev–Trinajstić information content (AvgIpc) is 2.36. The lowest BCUT2D eigenvalue weighted by Gasteiger charge is -2.09. The van der Waals surface area contributed by atoms with Gasteiger partial charge in [0.25, 0.3) is 0 Å². The van der Waals surface area contributed by atoms with Crippen LogP contribution in [0.15, 0.2) is 11.5 Å². The van der Waals surface area contributed by atoms with Crippen molar-refractivity contribution in [2.24, 2.45) is 0 Å². The summed E-state index contributed by atoms with van der Waals surface area (Å²) in [6.07, 6.45) is 1.30. The minimum absolute atomic E-state index is 0.353. The summed E-state index contributed by atoms with van der Waals surface area (Å²) >= 11 is 0.987. The van der Waals surface area contributed by atoms with Crippen LogP contribution in [0.25, 0.3) is 0 Å². The first kappa shape index (κ1) is 8.85. The van der Waals surface area contributed by atoms with Crippen molar-refractivity contribution in [1.82, 2.24) is 14.9 Å². The van der Waals surface area contributed by atoms with Gasteiger partial charge in [-0.3, -0.25) is 0 Å². The zero-order chi connectivity index (χ0) is 9.14. The van der Waals surface area contributed by atoms with Crippen LogP contribution in [0.1, 0.15) is 6.92 Å². The van der Waals surface area contributed by atoms with Crippen LogP contribution in [0.3, 0.4) is 0 Å². The summed E-state index contributed by atoms with van der Waals surface area (Å²) in [4.78, 5) is 10.3. The number of nitrogen functional groups attached to an aromatic ring is 1. The van der Waals surface area contributed by atoms with Crippen LogP contribution in [0, 0.1) is 0 Å². The van der Waals surface area contributed by atoms with Gasteiger partial charge >= 0.3 is 0 Å². The van der Waals surface area contributed by atoms with Gasteiger partial charge in [0.05, 0.1) is 5.97 Å². The van der Waals surface area contributed by atoms with E-state index in [0.29, 0.717) is 5.16 Å². The van der Waals surface area contributed by atoms with Gasteiger partial charge in [0.2, 0.25) is 5.16 Å². The monoisotopic (exact) mass is 187 g/mol. The molecule has 12 heavy (non-hydrogen) atoms. The molecule has 1 atom stereocenters. The number of carbonyl (C=O) groups is 1. The quantitative estimate of drug-likeness (QED) is 0.444. The van der Waals surface area contributed by atoms with E-state index in [1.54, 1.807) is 0 Å². The van der Waals surface area contributed by atoms with Crippen molar-refractivity contribution in [2.75, 3.05) is 5.84 Å². The standard InChI is InChI=1S/C5H8N4O2S/c1-3(4(10)11)12-5-8-7-2-9(5)6/h2-3H,6H2,1H3,(H,10,11)/p-1/t3-/m0/s1. The molecule has 1 rings (SSSR count). The van der Waals surface area contributed by atoms with Crippen LogP contribution in [0.2, 0.25) is 0 Å². The molecular formula is C5H7N4O2S-. The summed E-state index contributed by atoms with van der Waals surface area (Å²) in [6, 6.07) is 0. The van der Waals surface area contributed by atoms with E-state index in [2.05, 4.69) is 10.2 Å². The predicted octanol–water partition coefficient (Wildman–Crippen LogP) is -1.78. The van der Waals surface area contributed by atoms with E-state index < -0.39 is 11.2 Å². The van der Waals surface area contributed by atoms with Crippen LogP contribution in [0.4, 0.5) is 0 Å². The second-order valence-electron chi connectivity index (χ2n) is 2.10. The number of nitrogens with two attached hydrogens (primary N) is 1. The third-order valence-corrected chi connectivity index (χ3v) is 2.20. The Balaban J connectivity index is 2.64. The second kappa shape index (κ2) is 3.44. The number of carboxylic acids is 1. The molecule has 0 aliphatic rings. The Morgan fingerprint density at radius 2 is 2.58 bits per heavy atom. The van der Waals surface area contributed by atoms with Crippen molar-refractivity contribution < 1.29 is 9.90 Å². The van der Waals surface area contributed by atoms with Crippen molar-refractivity contribution in [3.63, 3.8) is 0 Å². The predicted molar refractivity (Wildman–Crippen MR) is 40.5 cm³/mol. The molecule has 0 aliphatic carbocycles. The van der Waals surface area contributed by atoms with Crippen LogP contribution in [-0.2, 0) is 4.79 Å². The van der Waals surface area contributed by atoms with Crippen LogP contribution >= 0.6 is 11.8 Å². The molecule has 0 fully saturated rings. The van der Waals surface area contributed by atoms with Crippen LogP contribution in [-0.4, -0.2) is 26.1 Å². The molecule has 1 aromatic heterocycles. The lowest BCUT2D eigenvalue weighted by molar-refractivity contribution is -0.304. The molecule has 0 radical (unpaired) electrons. The Kier molecular flexibility index (Phi) is 2.54. The van der Waals surface area contributed by atoms with Gasteiger partial charge in [-0.1, -0.05) is 11.8 Å². The molecule has 0 aromatic carbocycles. The Morgan fingerprint density at radius 1 is 1.92 bits per heavy atom. The number of carbonyl (C=O) groups excluding carboxylic acids is 1. The Hall–Kier alpha value is -1.24. The zero-order valence-electron chi connectivity index (χ0n) is 6.30. The third-order valence-electron chi connectivity index (χ3n) is 1.15. The van der Waals surface area contributed by atoms with E-state index in [0.717, 1.165) is 16.4 Å². The second-order valence-corrected chi connectivity index (χ2v) is 3.41. The van der Waals surface area contributed by atoms with Gasteiger partial charge in [0.15, 0.2) is 0 Å². The molecule has 0 bridgehead atoms. The van der Waals surface area contributed by atoms with E-state index in [9.17, 15) is 9.90 Å². The van der Waals surface area contributed by atoms with E-state index in [1.165, 1.54) is 13.3 Å². The number of aliphatic carboxylic acids is 1. The fraction of sp³-hybridized carbons (Fsp3) is 0.400. The summed E-state index contributed by atoms with van der Waals surface area (Å²) in [5.74, 6) is 4.20. The lowest BCUT2D eigenvalue weighted by Crippen LogP contribution is -2.31. The molecule has 0 amide bonds. The third kappa shape index (κ3) is 1.88. The Bertz CT molecular complexity index is 287. The minimum atomic E-state index is -1.15. The van der Waals surface area contributed by atoms with Crippen LogP contribution < -0.4 is 10.9 Å². The number of aromatic nitrogens is 3. The molecule has 66 valence electrons. The highest BCUT2D eigenvalue weighted by Gasteiger charge is 2.09. The van der Waals surface area contributed by atoms with Crippen molar-refractivity contribution in [1.29, 1.82) is 0 Å². The first-order chi connectivity index (χ1) is 5.61. The number of thioether (sulfide) groups is 1. The van der Waals surface area contributed by atoms with Gasteiger partial charge in [-0.15, -0.1) is 10.2 Å². The van der Waals surface area contributed by atoms with E-state index in [4.69, 9.17) is 5.84 Å². The Morgan fingerprint density at radius 3 is 3.00 bits per heavy atom. The number of hydrogen-bond donors (Lipinski definition) is 1. The Labute approximate surface area is 72.7 Å². The van der Waals surface area contributed by atoms with Gasteiger partial charge in [-0.2, -0.15) is 0 Å². The first-order valence-corrected chi connectivity index (χ1v) is 4.02. The lowest BCUT2D eigenvalue weighted by atomic mass is 10.5. The average molecular weight is 187 g/mol. The summed E-state index contributed by atoms with van der Waals surface area (Å²) in [7, 11) is 0. The van der Waals surface area contributed by atoms with Crippen molar-refractivity contribution in [3.8, 4) is 0 Å². The number of carboxylic acid groups (broad SMARTS) is 1. The van der Waals surface area contributed by atoms with Crippen LogP contribution in [0.5, 0.6) is 0 Å². The molecule has 0 unspecified atom stereocenters. The number of rotatable bonds is 3.